The Hall–Kier alpha value is 0.0200. The quantitative estimate of drug-likeness (QED) is 0.492. The first-order valence-corrected chi connectivity index (χ1v) is 4.38. The van der Waals surface area contributed by atoms with E-state index in [1.54, 1.807) is 11.9 Å². The molecule has 0 saturated carbocycles. The summed E-state index contributed by atoms with van der Waals surface area (Å²) in [4.78, 5) is 0. The van der Waals surface area contributed by atoms with Gasteiger partial charge in [0.2, 0.25) is 0 Å². The molecule has 1 rings (SSSR count). The lowest BCUT2D eigenvalue weighted by molar-refractivity contribution is 0.414. The van der Waals surface area contributed by atoms with Gasteiger partial charge in [0.05, 0.1) is 0 Å². The van der Waals surface area contributed by atoms with Gasteiger partial charge in [-0.05, 0) is 32.7 Å². The fraction of sp³-hybridized carbons (Fsp3) is 0.875. The minimum Gasteiger partial charge on any atom is -0.225 e. The summed E-state index contributed by atoms with van der Waals surface area (Å²) in [6.45, 7) is 11.1. The number of nitrogens with zero attached hydrogens (tertiary/aromatic N) is 1. The average Bonchev–Trinajstić information content (AvgIpc) is 1.94. The van der Waals surface area contributed by atoms with Crippen molar-refractivity contribution in [3.63, 3.8) is 0 Å². The van der Waals surface area contributed by atoms with Gasteiger partial charge in [-0.1, -0.05) is 13.8 Å². The van der Waals surface area contributed by atoms with Crippen molar-refractivity contribution in [2.45, 2.75) is 39.4 Å². The van der Waals surface area contributed by atoms with Crippen molar-refractivity contribution in [2.75, 3.05) is 0 Å². The molecule has 0 aliphatic carbocycles. The summed E-state index contributed by atoms with van der Waals surface area (Å²) in [7, 11) is 0. The van der Waals surface area contributed by atoms with Crippen molar-refractivity contribution in [1.82, 2.24) is 0 Å². The van der Waals surface area contributed by atoms with E-state index in [0.29, 0.717) is 0 Å². The smallest absolute Gasteiger partial charge is 0.0425 e. The number of rotatable bonds is 0. The van der Waals surface area contributed by atoms with E-state index in [9.17, 15) is 0 Å². The Bertz CT molecular complexity index is 180. The minimum atomic E-state index is 0.262. The van der Waals surface area contributed by atoms with Gasteiger partial charge in [0.15, 0.2) is 0 Å². The van der Waals surface area contributed by atoms with Gasteiger partial charge in [-0.2, -0.15) is 0 Å². The molecular formula is C8H15NS. The number of hydrogen-bond acceptors (Lipinski definition) is 2. The van der Waals surface area contributed by atoms with Crippen LogP contribution in [-0.4, -0.2) is 10.5 Å². The van der Waals surface area contributed by atoms with Crippen LogP contribution in [0.25, 0.3) is 0 Å². The van der Waals surface area contributed by atoms with Gasteiger partial charge in [-0.3, -0.25) is 0 Å². The molecule has 2 heteroatoms. The minimum absolute atomic E-state index is 0.262. The Morgan fingerprint density at radius 3 is 1.80 bits per heavy atom. The van der Waals surface area contributed by atoms with Crippen LogP contribution < -0.4 is 0 Å². The lowest BCUT2D eigenvalue weighted by Gasteiger charge is -2.33. The van der Waals surface area contributed by atoms with Gasteiger partial charge in [-0.15, -0.1) is 0 Å². The predicted octanol–water partition coefficient (Wildman–Crippen LogP) is 2.91. The molecule has 0 spiro atoms. The largest absolute Gasteiger partial charge is 0.225 e. The van der Waals surface area contributed by atoms with Crippen LogP contribution in [0.1, 0.15) is 34.6 Å². The summed E-state index contributed by atoms with van der Waals surface area (Å²) in [5.41, 5.74) is 1.53. The van der Waals surface area contributed by atoms with Crippen LogP contribution in [0.3, 0.4) is 0 Å². The molecule has 1 aliphatic heterocycles. The average molecular weight is 157 g/mol. The van der Waals surface area contributed by atoms with Crippen molar-refractivity contribution in [3.05, 3.63) is 0 Å². The normalized spacial score (nSPS) is 28.3. The SMILES string of the molecule is CC1=NSC(C)(C)C1(C)C. The highest BCUT2D eigenvalue weighted by atomic mass is 32.2. The molecule has 0 N–H and O–H groups in total. The molecule has 0 fully saturated rings. The molecule has 0 atom stereocenters. The van der Waals surface area contributed by atoms with Crippen LogP contribution >= 0.6 is 11.9 Å². The van der Waals surface area contributed by atoms with Crippen LogP contribution in [0.5, 0.6) is 0 Å². The Balaban J connectivity index is 2.96. The van der Waals surface area contributed by atoms with Crippen molar-refractivity contribution in [2.24, 2.45) is 9.81 Å². The summed E-state index contributed by atoms with van der Waals surface area (Å²) in [5.74, 6) is 0. The molecule has 0 saturated heterocycles. The highest BCUT2D eigenvalue weighted by Crippen LogP contribution is 2.48. The van der Waals surface area contributed by atoms with Gasteiger partial charge in [0.25, 0.3) is 0 Å². The lowest BCUT2D eigenvalue weighted by atomic mass is 9.77. The molecular weight excluding hydrogens is 142 g/mol. The van der Waals surface area contributed by atoms with Crippen LogP contribution in [0.15, 0.2) is 4.40 Å². The topological polar surface area (TPSA) is 12.4 Å². The second-order valence-electron chi connectivity index (χ2n) is 3.90. The monoisotopic (exact) mass is 157 g/mol. The first kappa shape index (κ1) is 8.12. The molecule has 0 bridgehead atoms. The maximum absolute atomic E-state index is 4.38. The Labute approximate surface area is 67.4 Å². The zero-order valence-electron chi connectivity index (χ0n) is 7.36. The third kappa shape index (κ3) is 0.895. The summed E-state index contributed by atoms with van der Waals surface area (Å²) in [6, 6.07) is 0. The van der Waals surface area contributed by atoms with Gasteiger partial charge in [0.1, 0.15) is 0 Å². The van der Waals surface area contributed by atoms with Gasteiger partial charge < -0.3 is 0 Å². The van der Waals surface area contributed by atoms with Crippen molar-refractivity contribution in [3.8, 4) is 0 Å². The van der Waals surface area contributed by atoms with Gasteiger partial charge in [0, 0.05) is 15.9 Å². The molecule has 1 nitrogen and oxygen atoms in total. The molecule has 0 aromatic heterocycles. The van der Waals surface area contributed by atoms with Gasteiger partial charge >= 0.3 is 0 Å². The first-order chi connectivity index (χ1) is 4.38. The van der Waals surface area contributed by atoms with Crippen LogP contribution in [0, 0.1) is 5.41 Å². The fourth-order valence-corrected chi connectivity index (χ4v) is 1.82. The molecule has 10 heavy (non-hydrogen) atoms. The van der Waals surface area contributed by atoms with Crippen LogP contribution in [0.4, 0.5) is 0 Å². The van der Waals surface area contributed by atoms with Crippen LogP contribution in [-0.2, 0) is 0 Å². The second-order valence-corrected chi connectivity index (χ2v) is 5.29. The van der Waals surface area contributed by atoms with Crippen LogP contribution in [0.2, 0.25) is 0 Å². The summed E-state index contributed by atoms with van der Waals surface area (Å²) in [5, 5.41) is 0. The lowest BCUT2D eigenvalue weighted by Crippen LogP contribution is -2.36. The zero-order chi connectivity index (χ0) is 7.99. The Morgan fingerprint density at radius 2 is 1.70 bits per heavy atom. The highest BCUT2D eigenvalue weighted by molar-refractivity contribution is 7.99. The molecule has 1 aliphatic rings. The van der Waals surface area contributed by atoms with Crippen molar-refractivity contribution >= 4 is 17.7 Å². The Morgan fingerprint density at radius 1 is 1.20 bits per heavy atom. The van der Waals surface area contributed by atoms with E-state index in [0.717, 1.165) is 0 Å². The molecule has 1 heterocycles. The molecule has 58 valence electrons. The molecule has 0 radical (unpaired) electrons. The second kappa shape index (κ2) is 2.00. The summed E-state index contributed by atoms with van der Waals surface area (Å²) >= 11 is 1.70. The summed E-state index contributed by atoms with van der Waals surface area (Å²) < 4.78 is 4.65. The predicted molar refractivity (Wildman–Crippen MR) is 48.6 cm³/mol. The first-order valence-electron chi connectivity index (χ1n) is 3.61. The van der Waals surface area contributed by atoms with Crippen molar-refractivity contribution in [1.29, 1.82) is 0 Å². The maximum Gasteiger partial charge on any atom is 0.0425 e. The van der Waals surface area contributed by atoms with E-state index in [2.05, 4.69) is 39.0 Å². The van der Waals surface area contributed by atoms with E-state index in [1.807, 2.05) is 0 Å². The maximum atomic E-state index is 4.38. The zero-order valence-corrected chi connectivity index (χ0v) is 8.17. The highest BCUT2D eigenvalue weighted by Gasteiger charge is 2.44. The van der Waals surface area contributed by atoms with E-state index in [-0.39, 0.29) is 10.2 Å². The fourth-order valence-electron chi connectivity index (χ4n) is 0.846. The van der Waals surface area contributed by atoms with Gasteiger partial charge in [-0.25, -0.2) is 4.40 Å². The Kier molecular flexibility index (Phi) is 1.63. The molecule has 0 amide bonds. The van der Waals surface area contributed by atoms with E-state index in [4.69, 9.17) is 0 Å². The third-order valence-electron chi connectivity index (χ3n) is 2.82. The van der Waals surface area contributed by atoms with Crippen molar-refractivity contribution < 1.29 is 0 Å². The van der Waals surface area contributed by atoms with E-state index >= 15 is 0 Å². The number of hydrogen-bond donors (Lipinski definition) is 0. The summed E-state index contributed by atoms with van der Waals surface area (Å²) in [6.07, 6.45) is 0. The third-order valence-corrected chi connectivity index (χ3v) is 4.15. The molecule has 0 unspecified atom stereocenters. The van der Waals surface area contributed by atoms with E-state index < -0.39 is 0 Å². The standard InChI is InChI=1S/C8H15NS/c1-6-7(2,3)8(4,5)10-9-6/h1-5H3. The molecule has 0 aromatic carbocycles. The van der Waals surface area contributed by atoms with E-state index in [1.165, 1.54) is 5.71 Å². The molecule has 0 aromatic rings.